The molecule has 0 bridgehead atoms. The lowest BCUT2D eigenvalue weighted by atomic mass is 9.95. The molecule has 2 aliphatic rings. The number of carbonyl (C=O) groups is 8. The Balaban J connectivity index is 1.89. The van der Waals surface area contributed by atoms with Crippen LogP contribution in [0.5, 0.6) is 0 Å². The largest absolute Gasteiger partial charge is 0.480 e. The van der Waals surface area contributed by atoms with Crippen molar-refractivity contribution in [3.05, 3.63) is 35.9 Å². The molecule has 0 aliphatic carbocycles. The molecule has 21 nitrogen and oxygen atoms in total. The summed E-state index contributed by atoms with van der Waals surface area (Å²) in [7, 11) is 0. The van der Waals surface area contributed by atoms with E-state index in [0.29, 0.717) is 37.8 Å². The Morgan fingerprint density at radius 1 is 0.761 bits per heavy atom. The normalized spacial score (nSPS) is 19.3. The van der Waals surface area contributed by atoms with Crippen LogP contribution in [-0.4, -0.2) is 143 Å². The smallest absolute Gasteiger partial charge is 0.326 e. The van der Waals surface area contributed by atoms with Crippen molar-refractivity contribution < 1.29 is 48.6 Å². The molecule has 2 saturated heterocycles. The molecular formula is C46H75N11O10. The van der Waals surface area contributed by atoms with Crippen LogP contribution in [0.15, 0.2) is 30.3 Å². The highest BCUT2D eigenvalue weighted by atomic mass is 16.4. The van der Waals surface area contributed by atoms with Crippen LogP contribution in [0.2, 0.25) is 0 Å². The maximum Gasteiger partial charge on any atom is 0.326 e. The first-order chi connectivity index (χ1) is 31.8. The summed E-state index contributed by atoms with van der Waals surface area (Å²) in [5.74, 6) is -6.97. The van der Waals surface area contributed by atoms with Gasteiger partial charge in [0.1, 0.15) is 42.3 Å². The van der Waals surface area contributed by atoms with Crippen molar-refractivity contribution in [2.75, 3.05) is 26.2 Å². The SMILES string of the molecule is CC[C@H](C)[C@H](NC(=O)[C@H](CC(C)C)NC(=O)[C@@H](NC(=O)[C@@H]1CCCN1)[C@@H](C)CC)C(=O)N[C@@H](Cc1ccccc1)C(=O)N[C@@H](CCCNC(=N)N)C(=O)N[C@@H](CO)C(=O)N1CCC[C@H]1C(=O)O. The Bertz CT molecular complexity index is 1850. The third kappa shape index (κ3) is 17.4. The summed E-state index contributed by atoms with van der Waals surface area (Å²) in [5.41, 5.74) is 6.08. The Labute approximate surface area is 393 Å². The lowest BCUT2D eigenvalue weighted by molar-refractivity contribution is -0.150. The maximum atomic E-state index is 14.4. The van der Waals surface area contributed by atoms with Gasteiger partial charge in [0.25, 0.3) is 0 Å². The lowest BCUT2D eigenvalue weighted by Gasteiger charge is -2.31. The Hall–Kier alpha value is -5.83. The van der Waals surface area contributed by atoms with Gasteiger partial charge in [0.05, 0.1) is 12.6 Å². The molecule has 1 aromatic carbocycles. The van der Waals surface area contributed by atoms with Crippen molar-refractivity contribution >= 4 is 53.3 Å². The zero-order valence-corrected chi connectivity index (χ0v) is 39.8. The van der Waals surface area contributed by atoms with Crippen LogP contribution in [0.25, 0.3) is 0 Å². The van der Waals surface area contributed by atoms with Crippen LogP contribution >= 0.6 is 0 Å². The zero-order valence-electron chi connectivity index (χ0n) is 39.8. The number of aliphatic hydroxyl groups is 1. The zero-order chi connectivity index (χ0) is 49.8. The van der Waals surface area contributed by atoms with E-state index in [2.05, 4.69) is 42.5 Å². The summed E-state index contributed by atoms with van der Waals surface area (Å²) in [4.78, 5) is 110. The van der Waals surface area contributed by atoms with Gasteiger partial charge in [-0.15, -0.1) is 0 Å². The number of carbonyl (C=O) groups excluding carboxylic acids is 7. The highest BCUT2D eigenvalue weighted by Crippen LogP contribution is 2.19. The number of carboxylic acid groups (broad SMARTS) is 1. The number of guanidine groups is 1. The van der Waals surface area contributed by atoms with E-state index in [9.17, 15) is 48.6 Å². The number of benzene rings is 1. The number of hydrogen-bond donors (Lipinski definition) is 12. The minimum absolute atomic E-state index is 0.0474. The Morgan fingerprint density at radius 2 is 1.33 bits per heavy atom. The van der Waals surface area contributed by atoms with Crippen LogP contribution in [0.3, 0.4) is 0 Å². The van der Waals surface area contributed by atoms with Gasteiger partial charge in [0.15, 0.2) is 5.96 Å². The van der Waals surface area contributed by atoms with Crippen LogP contribution in [-0.2, 0) is 44.8 Å². The number of hydrogen-bond acceptors (Lipinski definition) is 11. The maximum absolute atomic E-state index is 14.4. The van der Waals surface area contributed by atoms with Crippen molar-refractivity contribution in [1.29, 1.82) is 5.41 Å². The fourth-order valence-electron chi connectivity index (χ4n) is 8.12. The van der Waals surface area contributed by atoms with Crippen molar-refractivity contribution in [2.45, 2.75) is 154 Å². The molecule has 0 radical (unpaired) electrons. The molecule has 2 fully saturated rings. The van der Waals surface area contributed by atoms with Gasteiger partial charge < -0.3 is 63.4 Å². The monoisotopic (exact) mass is 942 g/mol. The minimum Gasteiger partial charge on any atom is -0.480 e. The van der Waals surface area contributed by atoms with Gasteiger partial charge in [-0.1, -0.05) is 84.7 Å². The molecule has 0 aromatic heterocycles. The van der Waals surface area contributed by atoms with E-state index in [1.807, 2.05) is 34.6 Å². The molecule has 2 heterocycles. The standard InChI is InChI=1S/C46H75N11O10/c1-7-27(5)36(55-38(59)30-17-12-20-49-30)42(63)52-32(23-26(3)4)41(62)56-37(28(6)8-2)43(64)53-33(24-29-15-10-9-11-16-29)40(61)51-31(18-13-21-50-46(47)48)39(60)54-34(25-58)44(65)57-22-14-19-35(57)45(66)67/h9-11,15-16,26-28,30-37,49,58H,7-8,12-14,17-25H2,1-6H3,(H,51,61)(H,52,63)(H,53,64)(H,54,60)(H,55,59)(H,56,62)(H,66,67)(H4,47,48,50)/t27-,28-,30-,31-,32-,33-,34-,35-,36-,37-/m0/s1. The number of likely N-dealkylation sites (tertiary alicyclic amines) is 1. The van der Waals surface area contributed by atoms with Gasteiger partial charge in [-0.2, -0.15) is 0 Å². The van der Waals surface area contributed by atoms with Gasteiger partial charge in [-0.25, -0.2) is 4.79 Å². The quantitative estimate of drug-likeness (QED) is 0.0297. The summed E-state index contributed by atoms with van der Waals surface area (Å²) in [5, 5.41) is 49.6. The summed E-state index contributed by atoms with van der Waals surface area (Å²) in [6, 6.07) is -0.174. The summed E-state index contributed by atoms with van der Waals surface area (Å²) >= 11 is 0. The van der Waals surface area contributed by atoms with E-state index < -0.39 is 102 Å². The number of nitrogens with two attached hydrogens (primary N) is 1. The first-order valence-electron chi connectivity index (χ1n) is 23.6. The molecule has 10 atom stereocenters. The predicted octanol–water partition coefficient (Wildman–Crippen LogP) is -0.641. The van der Waals surface area contributed by atoms with Gasteiger partial charge in [-0.3, -0.25) is 39.0 Å². The first kappa shape index (κ1) is 55.5. The molecule has 374 valence electrons. The molecule has 0 saturated carbocycles. The number of rotatable bonds is 27. The molecule has 13 N–H and O–H groups in total. The van der Waals surface area contributed by atoms with E-state index >= 15 is 0 Å². The van der Waals surface area contributed by atoms with E-state index in [0.717, 1.165) is 11.3 Å². The molecule has 21 heteroatoms. The van der Waals surface area contributed by atoms with E-state index in [-0.39, 0.29) is 68.9 Å². The lowest BCUT2D eigenvalue weighted by Crippen LogP contribution is -2.62. The predicted molar refractivity (Wildman–Crippen MR) is 250 cm³/mol. The van der Waals surface area contributed by atoms with Crippen molar-refractivity contribution in [3.8, 4) is 0 Å². The number of aliphatic hydroxyl groups excluding tert-OH is 1. The van der Waals surface area contributed by atoms with Gasteiger partial charge in [0, 0.05) is 19.5 Å². The molecule has 0 spiro atoms. The van der Waals surface area contributed by atoms with E-state index in [1.165, 1.54) is 0 Å². The second kappa shape index (κ2) is 27.7. The third-order valence-electron chi connectivity index (χ3n) is 12.5. The van der Waals surface area contributed by atoms with E-state index in [4.69, 9.17) is 11.1 Å². The highest BCUT2D eigenvalue weighted by molar-refractivity contribution is 5.98. The van der Waals surface area contributed by atoms with Gasteiger partial charge in [0.2, 0.25) is 41.4 Å². The van der Waals surface area contributed by atoms with Crippen molar-refractivity contribution in [3.63, 3.8) is 0 Å². The number of amides is 7. The van der Waals surface area contributed by atoms with Gasteiger partial charge >= 0.3 is 5.97 Å². The van der Waals surface area contributed by atoms with Crippen LogP contribution < -0.4 is 48.3 Å². The topological polar surface area (TPSA) is 326 Å². The van der Waals surface area contributed by atoms with Crippen LogP contribution in [0.1, 0.15) is 105 Å². The molecule has 7 amide bonds. The van der Waals surface area contributed by atoms with Crippen molar-refractivity contribution in [2.24, 2.45) is 23.5 Å². The molecule has 0 unspecified atom stereocenters. The Kier molecular flexibility index (Phi) is 23.0. The molecule has 1 aromatic rings. The average Bonchev–Trinajstić information content (AvgIpc) is 4.03. The fourth-order valence-corrected chi connectivity index (χ4v) is 8.12. The molecule has 67 heavy (non-hydrogen) atoms. The second-order valence-corrected chi connectivity index (χ2v) is 18.1. The number of nitrogens with one attached hydrogen (secondary N) is 9. The number of nitrogens with zero attached hydrogens (tertiary/aromatic N) is 1. The van der Waals surface area contributed by atoms with Gasteiger partial charge in [-0.05, 0) is 74.8 Å². The fraction of sp³-hybridized carbons (Fsp3) is 0.674. The second-order valence-electron chi connectivity index (χ2n) is 18.1. The summed E-state index contributed by atoms with van der Waals surface area (Å²) in [6.07, 6.45) is 3.41. The molecular weight excluding hydrogens is 867 g/mol. The minimum atomic E-state index is -1.53. The van der Waals surface area contributed by atoms with E-state index in [1.54, 1.807) is 37.3 Å². The van der Waals surface area contributed by atoms with Crippen molar-refractivity contribution in [1.82, 2.24) is 47.4 Å². The highest BCUT2D eigenvalue weighted by Gasteiger charge is 2.40. The number of aliphatic carboxylic acids is 1. The number of carboxylic acids is 1. The average molecular weight is 942 g/mol. The van der Waals surface area contributed by atoms with Crippen LogP contribution in [0, 0.1) is 23.2 Å². The Morgan fingerprint density at radius 3 is 1.88 bits per heavy atom. The molecule has 2 aliphatic heterocycles. The first-order valence-corrected chi connectivity index (χ1v) is 23.6. The van der Waals surface area contributed by atoms with Crippen LogP contribution in [0.4, 0.5) is 0 Å². The molecule has 3 rings (SSSR count). The summed E-state index contributed by atoms with van der Waals surface area (Å²) in [6.45, 7) is 11.2. The summed E-state index contributed by atoms with van der Waals surface area (Å²) < 4.78 is 0. The third-order valence-corrected chi connectivity index (χ3v) is 12.5.